The van der Waals surface area contributed by atoms with E-state index in [1.165, 1.54) is 0 Å². The Bertz CT molecular complexity index is 359. The summed E-state index contributed by atoms with van der Waals surface area (Å²) in [7, 11) is 0. The van der Waals surface area contributed by atoms with Gasteiger partial charge in [-0.15, -0.1) is 0 Å². The van der Waals surface area contributed by atoms with E-state index in [9.17, 15) is 5.11 Å². The summed E-state index contributed by atoms with van der Waals surface area (Å²) in [6.07, 6.45) is 0.426. The summed E-state index contributed by atoms with van der Waals surface area (Å²) in [4.78, 5) is 0. The smallest absolute Gasteiger partial charge is 0.160 e. The molecule has 5 heteroatoms. The van der Waals surface area contributed by atoms with Gasteiger partial charge in [-0.3, -0.25) is 4.68 Å². The van der Waals surface area contributed by atoms with Crippen molar-refractivity contribution in [2.75, 3.05) is 13.2 Å². The number of nitrogens with zero attached hydrogens (tertiary/aromatic N) is 2. The molecule has 1 aliphatic heterocycles. The summed E-state index contributed by atoms with van der Waals surface area (Å²) < 4.78 is 12.6. The van der Waals surface area contributed by atoms with E-state index in [0.717, 1.165) is 17.9 Å². The first-order valence-corrected chi connectivity index (χ1v) is 6.13. The average Bonchev–Trinajstić information content (AvgIpc) is 2.88. The lowest BCUT2D eigenvalue weighted by Crippen LogP contribution is -2.21. The molecule has 2 heterocycles. The predicted molar refractivity (Wildman–Crippen MR) is 62.7 cm³/mol. The Labute approximate surface area is 101 Å². The Morgan fingerprint density at radius 1 is 1.53 bits per heavy atom. The lowest BCUT2D eigenvalue weighted by Gasteiger charge is -2.15. The van der Waals surface area contributed by atoms with Crippen molar-refractivity contribution in [2.24, 2.45) is 0 Å². The van der Waals surface area contributed by atoms with Crippen LogP contribution in [0, 0.1) is 6.92 Å². The van der Waals surface area contributed by atoms with Crippen molar-refractivity contribution in [1.29, 1.82) is 0 Å². The maximum absolute atomic E-state index is 9.99. The largest absolute Gasteiger partial charge is 0.393 e. The fourth-order valence-electron chi connectivity index (χ4n) is 2.13. The third-order valence-corrected chi connectivity index (χ3v) is 2.89. The van der Waals surface area contributed by atoms with E-state index in [1.54, 1.807) is 0 Å². The van der Waals surface area contributed by atoms with E-state index < -0.39 is 6.10 Å². The molecule has 96 valence electrons. The first-order chi connectivity index (χ1) is 8.19. The van der Waals surface area contributed by atoms with Gasteiger partial charge in [-0.05, 0) is 19.9 Å². The quantitative estimate of drug-likeness (QED) is 0.830. The molecule has 0 saturated carbocycles. The maximum atomic E-state index is 9.99. The van der Waals surface area contributed by atoms with E-state index in [-0.39, 0.29) is 6.29 Å². The van der Waals surface area contributed by atoms with Crippen molar-refractivity contribution in [1.82, 2.24) is 9.78 Å². The molecule has 1 N–H and O–H groups in total. The molecular formula is C12H20N2O3. The number of hydrogen-bond donors (Lipinski definition) is 1. The van der Waals surface area contributed by atoms with Gasteiger partial charge in [0.1, 0.15) is 0 Å². The molecule has 1 saturated heterocycles. The fraction of sp³-hybridized carbons (Fsp3) is 0.750. The van der Waals surface area contributed by atoms with Gasteiger partial charge in [0.25, 0.3) is 0 Å². The van der Waals surface area contributed by atoms with Gasteiger partial charge in [-0.1, -0.05) is 0 Å². The topological polar surface area (TPSA) is 56.5 Å². The van der Waals surface area contributed by atoms with E-state index >= 15 is 0 Å². The van der Waals surface area contributed by atoms with Crippen molar-refractivity contribution in [3.63, 3.8) is 0 Å². The van der Waals surface area contributed by atoms with Gasteiger partial charge < -0.3 is 14.6 Å². The molecule has 0 spiro atoms. The highest BCUT2D eigenvalue weighted by Crippen LogP contribution is 2.14. The van der Waals surface area contributed by atoms with Crippen LogP contribution < -0.4 is 0 Å². The molecule has 2 rings (SSSR count). The number of hydrogen-bond acceptors (Lipinski definition) is 4. The SMILES string of the molecule is CCn1nc(C)cc1CC(O)CC1OCCO1. The number of aliphatic hydroxyl groups is 1. The van der Waals surface area contributed by atoms with Crippen LogP contribution >= 0.6 is 0 Å². The van der Waals surface area contributed by atoms with E-state index in [1.807, 2.05) is 24.6 Å². The van der Waals surface area contributed by atoms with E-state index in [4.69, 9.17) is 9.47 Å². The fourth-order valence-corrected chi connectivity index (χ4v) is 2.13. The summed E-state index contributed by atoms with van der Waals surface area (Å²) in [5.74, 6) is 0. The van der Waals surface area contributed by atoms with Crippen LogP contribution in [0.1, 0.15) is 24.7 Å². The number of rotatable bonds is 5. The maximum Gasteiger partial charge on any atom is 0.160 e. The summed E-state index contributed by atoms with van der Waals surface area (Å²) in [5.41, 5.74) is 2.05. The van der Waals surface area contributed by atoms with Gasteiger partial charge in [-0.25, -0.2) is 0 Å². The van der Waals surface area contributed by atoms with Crippen molar-refractivity contribution in [3.8, 4) is 0 Å². The Hall–Kier alpha value is -0.910. The standard InChI is InChI=1S/C12H20N2O3/c1-3-14-10(6-9(2)13-14)7-11(15)8-12-16-4-5-17-12/h6,11-12,15H,3-5,7-8H2,1-2H3. The first kappa shape index (κ1) is 12.5. The van der Waals surface area contributed by atoms with Gasteiger partial charge in [0.2, 0.25) is 0 Å². The molecule has 1 aromatic rings. The Balaban J connectivity index is 1.90. The van der Waals surface area contributed by atoms with Crippen LogP contribution in [0.4, 0.5) is 0 Å². The van der Waals surface area contributed by atoms with Crippen LogP contribution in [-0.2, 0) is 22.4 Å². The highest BCUT2D eigenvalue weighted by atomic mass is 16.7. The molecule has 0 amide bonds. The summed E-state index contributed by atoms with van der Waals surface area (Å²) in [5, 5.41) is 14.3. The average molecular weight is 240 g/mol. The minimum absolute atomic E-state index is 0.246. The molecule has 1 unspecified atom stereocenters. The molecular weight excluding hydrogens is 220 g/mol. The lowest BCUT2D eigenvalue weighted by atomic mass is 10.1. The molecule has 0 aliphatic carbocycles. The number of aliphatic hydroxyl groups excluding tert-OH is 1. The Morgan fingerprint density at radius 3 is 2.88 bits per heavy atom. The number of ether oxygens (including phenoxy) is 2. The van der Waals surface area contributed by atoms with E-state index in [0.29, 0.717) is 26.1 Å². The number of aromatic nitrogens is 2. The zero-order chi connectivity index (χ0) is 12.3. The highest BCUT2D eigenvalue weighted by Gasteiger charge is 2.21. The molecule has 5 nitrogen and oxygen atoms in total. The third-order valence-electron chi connectivity index (χ3n) is 2.89. The predicted octanol–water partition coefficient (Wildman–Crippen LogP) is 0.878. The molecule has 0 aromatic carbocycles. The second kappa shape index (κ2) is 5.62. The second-order valence-electron chi connectivity index (χ2n) is 4.36. The minimum Gasteiger partial charge on any atom is -0.393 e. The van der Waals surface area contributed by atoms with Crippen LogP contribution in [0.2, 0.25) is 0 Å². The van der Waals surface area contributed by atoms with E-state index in [2.05, 4.69) is 5.10 Å². The normalized spacial score (nSPS) is 18.8. The van der Waals surface area contributed by atoms with Gasteiger partial charge in [0, 0.05) is 25.1 Å². The summed E-state index contributed by atoms with van der Waals surface area (Å²) >= 11 is 0. The molecule has 1 fully saturated rings. The van der Waals surface area contributed by atoms with Gasteiger partial charge in [0.05, 0.1) is 25.0 Å². The van der Waals surface area contributed by atoms with Gasteiger partial charge in [-0.2, -0.15) is 5.10 Å². The Kier molecular flexibility index (Phi) is 4.15. The van der Waals surface area contributed by atoms with Crippen molar-refractivity contribution in [3.05, 3.63) is 17.5 Å². The molecule has 0 bridgehead atoms. The summed E-state index contributed by atoms with van der Waals surface area (Å²) in [6, 6.07) is 2.02. The van der Waals surface area contributed by atoms with Crippen molar-refractivity contribution >= 4 is 0 Å². The monoisotopic (exact) mass is 240 g/mol. The second-order valence-corrected chi connectivity index (χ2v) is 4.36. The zero-order valence-electron chi connectivity index (χ0n) is 10.4. The number of aryl methyl sites for hydroxylation is 2. The molecule has 1 aliphatic rings. The minimum atomic E-state index is -0.445. The van der Waals surface area contributed by atoms with Crippen LogP contribution in [0.15, 0.2) is 6.07 Å². The zero-order valence-corrected chi connectivity index (χ0v) is 10.4. The highest BCUT2D eigenvalue weighted by molar-refractivity contribution is 5.09. The van der Waals surface area contributed by atoms with Gasteiger partial charge in [0.15, 0.2) is 6.29 Å². The lowest BCUT2D eigenvalue weighted by molar-refractivity contribution is -0.0700. The van der Waals surface area contributed by atoms with Crippen LogP contribution in [0.3, 0.4) is 0 Å². The summed E-state index contributed by atoms with van der Waals surface area (Å²) in [6.45, 7) is 6.09. The van der Waals surface area contributed by atoms with Crippen LogP contribution in [0.5, 0.6) is 0 Å². The molecule has 17 heavy (non-hydrogen) atoms. The molecule has 1 aromatic heterocycles. The van der Waals surface area contributed by atoms with Crippen molar-refractivity contribution < 1.29 is 14.6 Å². The van der Waals surface area contributed by atoms with Crippen LogP contribution in [-0.4, -0.2) is 40.5 Å². The third kappa shape index (κ3) is 3.28. The first-order valence-electron chi connectivity index (χ1n) is 6.13. The Morgan fingerprint density at radius 2 is 2.24 bits per heavy atom. The van der Waals surface area contributed by atoms with Gasteiger partial charge >= 0.3 is 0 Å². The molecule has 1 atom stereocenters. The van der Waals surface area contributed by atoms with Crippen molar-refractivity contribution in [2.45, 2.75) is 45.6 Å². The molecule has 0 radical (unpaired) electrons. The van der Waals surface area contributed by atoms with Crippen LogP contribution in [0.25, 0.3) is 0 Å².